The maximum absolute atomic E-state index is 11.9. The number of benzene rings is 1. The molecule has 78 valence electrons. The molecule has 2 atom stereocenters. The van der Waals surface area contributed by atoms with Gasteiger partial charge in [0.15, 0.2) is 0 Å². The molecule has 1 fully saturated rings. The van der Waals surface area contributed by atoms with Crippen LogP contribution in [0.1, 0.15) is 17.9 Å². The number of nitrogens with one attached hydrogen (secondary N) is 2. The van der Waals surface area contributed by atoms with Crippen molar-refractivity contribution in [3.8, 4) is 0 Å². The molecule has 0 unspecified atom stereocenters. The van der Waals surface area contributed by atoms with E-state index in [0.29, 0.717) is 5.92 Å². The number of hydrogen-bond donors (Lipinski definition) is 2. The summed E-state index contributed by atoms with van der Waals surface area (Å²) in [5.74, 6) is 0.727. The highest BCUT2D eigenvalue weighted by atomic mass is 16.2. The zero-order valence-electron chi connectivity index (χ0n) is 8.49. The first-order valence-electron chi connectivity index (χ1n) is 5.47. The van der Waals surface area contributed by atoms with Gasteiger partial charge in [0.25, 0.3) is 0 Å². The van der Waals surface area contributed by atoms with Gasteiger partial charge in [0.05, 0.1) is 0 Å². The van der Waals surface area contributed by atoms with Crippen LogP contribution in [0.2, 0.25) is 0 Å². The SMILES string of the molecule is O=C1Nc2ccccc2[C@@H]2CNCC[C@@H]12. The first-order chi connectivity index (χ1) is 7.36. The van der Waals surface area contributed by atoms with Crippen LogP contribution in [0.4, 0.5) is 5.69 Å². The molecule has 0 aliphatic carbocycles. The topological polar surface area (TPSA) is 41.1 Å². The Hall–Kier alpha value is -1.35. The summed E-state index contributed by atoms with van der Waals surface area (Å²) in [5.41, 5.74) is 2.28. The highest BCUT2D eigenvalue weighted by Gasteiger charge is 2.36. The summed E-state index contributed by atoms with van der Waals surface area (Å²) in [6.07, 6.45) is 0.949. The summed E-state index contributed by atoms with van der Waals surface area (Å²) >= 11 is 0. The van der Waals surface area contributed by atoms with Gasteiger partial charge in [-0.3, -0.25) is 4.79 Å². The molecule has 1 amide bonds. The third kappa shape index (κ3) is 1.35. The molecular formula is C12H14N2O. The Bertz CT molecular complexity index is 402. The van der Waals surface area contributed by atoms with Crippen molar-refractivity contribution in [2.45, 2.75) is 12.3 Å². The Morgan fingerprint density at radius 1 is 1.20 bits per heavy atom. The number of fused-ring (bicyclic) bond motifs is 3. The van der Waals surface area contributed by atoms with Crippen molar-refractivity contribution in [2.24, 2.45) is 5.92 Å². The Kier molecular flexibility index (Phi) is 1.99. The van der Waals surface area contributed by atoms with Gasteiger partial charge in [0, 0.05) is 24.1 Å². The Balaban J connectivity index is 2.06. The molecule has 2 heterocycles. The minimum Gasteiger partial charge on any atom is -0.326 e. The number of rotatable bonds is 0. The number of carbonyl (C=O) groups excluding carboxylic acids is 1. The summed E-state index contributed by atoms with van der Waals surface area (Å²) in [7, 11) is 0. The average Bonchev–Trinajstić information content (AvgIpc) is 2.30. The molecule has 3 rings (SSSR count). The Morgan fingerprint density at radius 3 is 3.00 bits per heavy atom. The van der Waals surface area contributed by atoms with Gasteiger partial charge in [-0.2, -0.15) is 0 Å². The first-order valence-corrected chi connectivity index (χ1v) is 5.47. The van der Waals surface area contributed by atoms with E-state index in [-0.39, 0.29) is 11.8 Å². The third-order valence-electron chi connectivity index (χ3n) is 3.44. The zero-order chi connectivity index (χ0) is 10.3. The van der Waals surface area contributed by atoms with Crippen molar-refractivity contribution in [3.05, 3.63) is 29.8 Å². The summed E-state index contributed by atoms with van der Waals surface area (Å²) in [4.78, 5) is 11.9. The molecule has 2 aliphatic rings. The van der Waals surface area contributed by atoms with Crippen LogP contribution in [0.3, 0.4) is 0 Å². The van der Waals surface area contributed by atoms with Gasteiger partial charge in [-0.15, -0.1) is 0 Å². The second-order valence-corrected chi connectivity index (χ2v) is 4.28. The standard InChI is InChI=1S/C12H14N2O/c15-12-9-5-6-13-7-10(9)8-3-1-2-4-11(8)14-12/h1-4,9-10,13H,5-7H2,(H,14,15)/t9-,10+/m1/s1. The lowest BCUT2D eigenvalue weighted by atomic mass is 9.78. The molecule has 3 heteroatoms. The largest absolute Gasteiger partial charge is 0.326 e. The highest BCUT2D eigenvalue weighted by molar-refractivity contribution is 5.96. The minimum absolute atomic E-state index is 0.168. The third-order valence-corrected chi connectivity index (χ3v) is 3.44. The first kappa shape index (κ1) is 8.92. The second kappa shape index (κ2) is 3.35. The van der Waals surface area contributed by atoms with E-state index in [4.69, 9.17) is 0 Å². The lowest BCUT2D eigenvalue weighted by molar-refractivity contribution is -0.121. The van der Waals surface area contributed by atoms with Crippen LogP contribution in [0.15, 0.2) is 24.3 Å². The number of para-hydroxylation sites is 1. The number of piperidine rings is 1. The summed E-state index contributed by atoms with van der Waals surface area (Å²) in [6.45, 7) is 1.88. The van der Waals surface area contributed by atoms with E-state index in [2.05, 4.69) is 16.7 Å². The van der Waals surface area contributed by atoms with Gasteiger partial charge < -0.3 is 10.6 Å². The monoisotopic (exact) mass is 202 g/mol. The summed E-state index contributed by atoms with van der Waals surface area (Å²) in [6, 6.07) is 8.12. The van der Waals surface area contributed by atoms with Crippen LogP contribution < -0.4 is 10.6 Å². The molecule has 1 saturated heterocycles. The fourth-order valence-corrected chi connectivity index (χ4v) is 2.66. The maximum Gasteiger partial charge on any atom is 0.228 e. The van der Waals surface area contributed by atoms with E-state index in [9.17, 15) is 4.79 Å². The van der Waals surface area contributed by atoms with Crippen molar-refractivity contribution >= 4 is 11.6 Å². The smallest absolute Gasteiger partial charge is 0.228 e. The van der Waals surface area contributed by atoms with Gasteiger partial charge in [-0.1, -0.05) is 18.2 Å². The molecule has 0 saturated carbocycles. The van der Waals surface area contributed by atoms with E-state index in [1.165, 1.54) is 5.56 Å². The van der Waals surface area contributed by atoms with Crippen LogP contribution in [-0.4, -0.2) is 19.0 Å². The lowest BCUT2D eigenvalue weighted by Gasteiger charge is -2.36. The predicted molar refractivity (Wildman–Crippen MR) is 58.8 cm³/mol. The molecule has 2 aliphatic heterocycles. The van der Waals surface area contributed by atoms with Crippen molar-refractivity contribution < 1.29 is 4.79 Å². The minimum atomic E-state index is 0.168. The molecule has 3 nitrogen and oxygen atoms in total. The number of hydrogen-bond acceptors (Lipinski definition) is 2. The quantitative estimate of drug-likeness (QED) is 0.666. The fraction of sp³-hybridized carbons (Fsp3) is 0.417. The molecular weight excluding hydrogens is 188 g/mol. The van der Waals surface area contributed by atoms with E-state index in [0.717, 1.165) is 25.2 Å². The van der Waals surface area contributed by atoms with Crippen molar-refractivity contribution in [2.75, 3.05) is 18.4 Å². The van der Waals surface area contributed by atoms with Crippen molar-refractivity contribution in [1.29, 1.82) is 0 Å². The van der Waals surface area contributed by atoms with Gasteiger partial charge in [0.1, 0.15) is 0 Å². The van der Waals surface area contributed by atoms with E-state index >= 15 is 0 Å². The maximum atomic E-state index is 11.9. The molecule has 0 spiro atoms. The van der Waals surface area contributed by atoms with Crippen molar-refractivity contribution in [3.63, 3.8) is 0 Å². The van der Waals surface area contributed by atoms with Gasteiger partial charge in [0.2, 0.25) is 5.91 Å². The number of carbonyl (C=O) groups is 1. The average molecular weight is 202 g/mol. The zero-order valence-corrected chi connectivity index (χ0v) is 8.49. The molecule has 0 radical (unpaired) electrons. The Morgan fingerprint density at radius 2 is 2.07 bits per heavy atom. The molecule has 2 N–H and O–H groups in total. The fourth-order valence-electron chi connectivity index (χ4n) is 2.66. The highest BCUT2D eigenvalue weighted by Crippen LogP contribution is 2.38. The van der Waals surface area contributed by atoms with E-state index < -0.39 is 0 Å². The predicted octanol–water partition coefficient (Wildman–Crippen LogP) is 1.33. The summed E-state index contributed by atoms with van der Waals surface area (Å²) in [5, 5.41) is 6.36. The van der Waals surface area contributed by atoms with Gasteiger partial charge >= 0.3 is 0 Å². The molecule has 0 bridgehead atoms. The van der Waals surface area contributed by atoms with E-state index in [1.54, 1.807) is 0 Å². The van der Waals surface area contributed by atoms with Crippen molar-refractivity contribution in [1.82, 2.24) is 5.32 Å². The molecule has 1 aromatic rings. The number of anilines is 1. The Labute approximate surface area is 88.9 Å². The molecule has 15 heavy (non-hydrogen) atoms. The van der Waals surface area contributed by atoms with Gasteiger partial charge in [-0.25, -0.2) is 0 Å². The van der Waals surface area contributed by atoms with Crippen LogP contribution in [0.25, 0.3) is 0 Å². The van der Waals surface area contributed by atoms with Crippen LogP contribution in [-0.2, 0) is 4.79 Å². The van der Waals surface area contributed by atoms with Crippen LogP contribution in [0, 0.1) is 5.92 Å². The van der Waals surface area contributed by atoms with Crippen LogP contribution >= 0.6 is 0 Å². The second-order valence-electron chi connectivity index (χ2n) is 4.28. The lowest BCUT2D eigenvalue weighted by Crippen LogP contribution is -2.43. The van der Waals surface area contributed by atoms with Crippen LogP contribution in [0.5, 0.6) is 0 Å². The summed E-state index contributed by atoms with van der Waals surface area (Å²) < 4.78 is 0. The normalized spacial score (nSPS) is 28.9. The molecule has 0 aromatic heterocycles. The number of amides is 1. The molecule has 1 aromatic carbocycles. The van der Waals surface area contributed by atoms with E-state index in [1.807, 2.05) is 18.2 Å². The van der Waals surface area contributed by atoms with Gasteiger partial charge in [-0.05, 0) is 24.6 Å².